The first-order valence-corrected chi connectivity index (χ1v) is 7.11. The second-order valence-electron chi connectivity index (χ2n) is 4.29. The van der Waals surface area contributed by atoms with Gasteiger partial charge in [-0.25, -0.2) is 9.67 Å². The first kappa shape index (κ1) is 12.7. The highest BCUT2D eigenvalue weighted by Crippen LogP contribution is 2.26. The summed E-state index contributed by atoms with van der Waals surface area (Å²) in [6, 6.07) is 8.66. The molecular weight excluding hydrogens is 304 g/mol. The molecule has 0 aliphatic heterocycles. The summed E-state index contributed by atoms with van der Waals surface area (Å²) in [5.41, 5.74) is 0.568. The predicted molar refractivity (Wildman–Crippen MR) is 78.6 cm³/mol. The lowest BCUT2D eigenvalue weighted by Gasteiger charge is -2.04. The number of rotatable bonds is 3. The number of hydrogen-bond acceptors (Lipinski definition) is 7. The van der Waals surface area contributed by atoms with Crippen molar-refractivity contribution in [3.05, 3.63) is 59.3 Å². The maximum atomic E-state index is 11.6. The first-order valence-electron chi connectivity index (χ1n) is 6.29. The Kier molecular flexibility index (Phi) is 2.90. The van der Waals surface area contributed by atoms with E-state index in [9.17, 15) is 4.79 Å². The number of nitrogens with zero attached hydrogens (tertiary/aromatic N) is 6. The number of ether oxygens (including phenoxy) is 1. The molecular formula is C13H8N6O2S. The summed E-state index contributed by atoms with van der Waals surface area (Å²) in [5, 5.41) is 12.1. The predicted octanol–water partition coefficient (Wildman–Crippen LogP) is 1.52. The molecule has 0 spiro atoms. The summed E-state index contributed by atoms with van der Waals surface area (Å²) in [4.78, 5) is 16.2. The molecule has 3 heterocycles. The highest BCUT2D eigenvalue weighted by molar-refractivity contribution is 7.18. The third-order valence-corrected chi connectivity index (χ3v) is 3.66. The fourth-order valence-corrected chi connectivity index (χ4v) is 2.65. The van der Waals surface area contributed by atoms with E-state index in [0.717, 1.165) is 5.69 Å². The van der Waals surface area contributed by atoms with Gasteiger partial charge in [-0.3, -0.25) is 4.79 Å². The molecule has 8 nitrogen and oxygen atoms in total. The van der Waals surface area contributed by atoms with E-state index in [4.69, 9.17) is 4.74 Å². The minimum absolute atomic E-state index is 0.243. The Morgan fingerprint density at radius 1 is 1.18 bits per heavy atom. The largest absolute Gasteiger partial charge is 0.430 e. The van der Waals surface area contributed by atoms with Crippen LogP contribution < -0.4 is 10.3 Å². The van der Waals surface area contributed by atoms with E-state index in [1.165, 1.54) is 28.1 Å². The molecule has 0 unspecified atom stereocenters. The zero-order chi connectivity index (χ0) is 14.9. The second kappa shape index (κ2) is 5.04. The Hall–Kier alpha value is -3.07. The minimum Gasteiger partial charge on any atom is -0.430 e. The van der Waals surface area contributed by atoms with Crippen LogP contribution in [0.25, 0.3) is 10.6 Å². The molecule has 9 heteroatoms. The van der Waals surface area contributed by atoms with Crippen molar-refractivity contribution in [2.24, 2.45) is 0 Å². The highest BCUT2D eigenvalue weighted by atomic mass is 32.1. The van der Waals surface area contributed by atoms with E-state index in [2.05, 4.69) is 20.4 Å². The molecule has 108 valence electrons. The molecule has 0 atom stereocenters. The maximum absolute atomic E-state index is 11.6. The lowest BCUT2D eigenvalue weighted by atomic mass is 10.3. The monoisotopic (exact) mass is 312 g/mol. The average Bonchev–Trinajstić information content (AvgIpc) is 3.17. The van der Waals surface area contributed by atoms with Crippen molar-refractivity contribution in [2.45, 2.75) is 0 Å². The van der Waals surface area contributed by atoms with Gasteiger partial charge in [0.15, 0.2) is 0 Å². The smallest absolute Gasteiger partial charge is 0.299 e. The van der Waals surface area contributed by atoms with E-state index in [0.29, 0.717) is 15.9 Å². The number of hydrogen-bond donors (Lipinski definition) is 0. The zero-order valence-corrected chi connectivity index (χ0v) is 11.8. The normalized spacial score (nSPS) is 10.9. The van der Waals surface area contributed by atoms with Gasteiger partial charge in [-0.15, -0.1) is 10.2 Å². The van der Waals surface area contributed by atoms with Gasteiger partial charge in [-0.1, -0.05) is 11.3 Å². The van der Waals surface area contributed by atoms with Gasteiger partial charge < -0.3 is 4.74 Å². The van der Waals surface area contributed by atoms with Crippen molar-refractivity contribution in [1.82, 2.24) is 29.6 Å². The molecule has 4 rings (SSSR count). The van der Waals surface area contributed by atoms with E-state index in [-0.39, 0.29) is 5.56 Å². The van der Waals surface area contributed by atoms with Crippen LogP contribution >= 0.6 is 11.3 Å². The Morgan fingerprint density at radius 2 is 2.14 bits per heavy atom. The average molecular weight is 312 g/mol. The van der Waals surface area contributed by atoms with Gasteiger partial charge in [0.05, 0.1) is 18.1 Å². The van der Waals surface area contributed by atoms with Crippen LogP contribution in [0, 0.1) is 0 Å². The van der Waals surface area contributed by atoms with Gasteiger partial charge in [0.1, 0.15) is 5.75 Å². The van der Waals surface area contributed by atoms with E-state index in [1.807, 2.05) is 12.1 Å². The summed E-state index contributed by atoms with van der Waals surface area (Å²) < 4.78 is 8.54. The Morgan fingerprint density at radius 3 is 2.95 bits per heavy atom. The van der Waals surface area contributed by atoms with Crippen molar-refractivity contribution < 1.29 is 4.74 Å². The first-order chi connectivity index (χ1) is 10.8. The minimum atomic E-state index is -0.243. The Balaban J connectivity index is 1.69. The van der Waals surface area contributed by atoms with Gasteiger partial charge in [0.25, 0.3) is 10.8 Å². The van der Waals surface area contributed by atoms with Gasteiger partial charge >= 0.3 is 0 Å². The van der Waals surface area contributed by atoms with Crippen LogP contribution in [-0.4, -0.2) is 29.6 Å². The van der Waals surface area contributed by atoms with Crippen LogP contribution in [0.2, 0.25) is 0 Å². The molecule has 0 aliphatic rings. The molecule has 4 aromatic rings. The molecule has 0 fully saturated rings. The topological polar surface area (TPSA) is 87.2 Å². The van der Waals surface area contributed by atoms with Gasteiger partial charge in [-0.2, -0.15) is 4.52 Å². The van der Waals surface area contributed by atoms with Crippen molar-refractivity contribution in [3.63, 3.8) is 0 Å². The fraction of sp³-hybridized carbons (Fsp3) is 0. The summed E-state index contributed by atoms with van der Waals surface area (Å²) in [6.45, 7) is 0. The molecule has 0 bridgehead atoms. The quantitative estimate of drug-likeness (QED) is 0.570. The van der Waals surface area contributed by atoms with E-state index >= 15 is 0 Å². The summed E-state index contributed by atoms with van der Waals surface area (Å²) >= 11 is 1.19. The molecule has 22 heavy (non-hydrogen) atoms. The van der Waals surface area contributed by atoms with Gasteiger partial charge in [0.2, 0.25) is 4.96 Å². The van der Waals surface area contributed by atoms with Crippen molar-refractivity contribution >= 4 is 16.3 Å². The SMILES string of the molecule is O=c1ccnc2sc(Oc3cccc(-n4ccnn4)c3)nn12. The van der Waals surface area contributed by atoms with Crippen molar-refractivity contribution in [3.8, 4) is 16.6 Å². The van der Waals surface area contributed by atoms with Crippen molar-refractivity contribution in [2.75, 3.05) is 0 Å². The Bertz CT molecular complexity index is 991. The van der Waals surface area contributed by atoms with Crippen LogP contribution in [-0.2, 0) is 0 Å². The standard InChI is InChI=1S/C13H8N6O2S/c20-11-4-5-14-12-19(11)16-13(22-12)21-10-3-1-2-9(8-10)18-7-6-15-17-18/h1-8H. The Labute approximate surface area is 127 Å². The highest BCUT2D eigenvalue weighted by Gasteiger charge is 2.09. The maximum Gasteiger partial charge on any atom is 0.299 e. The van der Waals surface area contributed by atoms with Gasteiger partial charge in [0, 0.05) is 18.3 Å². The summed E-state index contributed by atoms with van der Waals surface area (Å²) in [6.07, 6.45) is 4.78. The lowest BCUT2D eigenvalue weighted by Crippen LogP contribution is -2.12. The third-order valence-electron chi connectivity index (χ3n) is 2.86. The van der Waals surface area contributed by atoms with Gasteiger partial charge in [-0.05, 0) is 23.5 Å². The van der Waals surface area contributed by atoms with E-state index < -0.39 is 0 Å². The zero-order valence-electron chi connectivity index (χ0n) is 11.0. The van der Waals surface area contributed by atoms with Crippen LogP contribution in [0.3, 0.4) is 0 Å². The molecule has 0 N–H and O–H groups in total. The van der Waals surface area contributed by atoms with Crippen LogP contribution in [0.5, 0.6) is 10.9 Å². The van der Waals surface area contributed by atoms with Crippen LogP contribution in [0.15, 0.2) is 53.7 Å². The molecule has 0 radical (unpaired) electrons. The van der Waals surface area contributed by atoms with Crippen molar-refractivity contribution in [1.29, 1.82) is 0 Å². The molecule has 3 aromatic heterocycles. The van der Waals surface area contributed by atoms with Crippen LogP contribution in [0.4, 0.5) is 0 Å². The summed E-state index contributed by atoms with van der Waals surface area (Å²) in [5.74, 6) is 0.583. The number of benzene rings is 1. The molecule has 1 aromatic carbocycles. The second-order valence-corrected chi connectivity index (χ2v) is 5.21. The fourth-order valence-electron chi connectivity index (χ4n) is 1.90. The molecule has 0 aliphatic carbocycles. The third kappa shape index (κ3) is 2.23. The molecule has 0 amide bonds. The summed E-state index contributed by atoms with van der Waals surface area (Å²) in [7, 11) is 0. The molecule has 0 saturated carbocycles. The number of fused-ring (bicyclic) bond motifs is 1. The lowest BCUT2D eigenvalue weighted by molar-refractivity contribution is 0.469. The van der Waals surface area contributed by atoms with E-state index in [1.54, 1.807) is 29.2 Å². The van der Waals surface area contributed by atoms with Crippen LogP contribution in [0.1, 0.15) is 0 Å². The molecule has 0 saturated heterocycles. The number of aromatic nitrogens is 6.